The van der Waals surface area contributed by atoms with Crippen LogP contribution in [0.25, 0.3) is 0 Å². The molecule has 0 saturated carbocycles. The predicted molar refractivity (Wildman–Crippen MR) is 79.0 cm³/mol. The van der Waals surface area contributed by atoms with Crippen LogP contribution in [0.5, 0.6) is 0 Å². The fourth-order valence-electron chi connectivity index (χ4n) is 1.55. The summed E-state index contributed by atoms with van der Waals surface area (Å²) in [6, 6.07) is 4.98. The van der Waals surface area contributed by atoms with Crippen molar-refractivity contribution in [1.82, 2.24) is 9.97 Å². The normalized spacial score (nSPS) is 11.7. The topological polar surface area (TPSA) is 25.8 Å². The van der Waals surface area contributed by atoms with Gasteiger partial charge in [-0.25, -0.2) is 9.97 Å². The van der Waals surface area contributed by atoms with Crippen molar-refractivity contribution in [3.05, 3.63) is 55.1 Å². The third-order valence-corrected chi connectivity index (χ3v) is 4.64. The zero-order valence-corrected chi connectivity index (χ0v) is 13.3. The quantitative estimate of drug-likeness (QED) is 0.493. The maximum absolute atomic E-state index is 12.6. The van der Waals surface area contributed by atoms with E-state index >= 15 is 0 Å². The highest BCUT2D eigenvalue weighted by Crippen LogP contribution is 2.30. The monoisotopic (exact) mass is 432 g/mol. The minimum atomic E-state index is -4.38. The van der Waals surface area contributed by atoms with Crippen LogP contribution in [0.1, 0.15) is 17.0 Å². The van der Waals surface area contributed by atoms with Crippen molar-refractivity contribution >= 4 is 45.8 Å². The first-order valence-electron chi connectivity index (χ1n) is 5.31. The lowest BCUT2D eigenvalue weighted by Crippen LogP contribution is -2.06. The lowest BCUT2D eigenvalue weighted by atomic mass is 10.1. The van der Waals surface area contributed by atoms with Gasteiger partial charge >= 0.3 is 6.18 Å². The largest absolute Gasteiger partial charge is 0.416 e. The van der Waals surface area contributed by atoms with Crippen molar-refractivity contribution in [2.45, 2.75) is 12.6 Å². The van der Waals surface area contributed by atoms with E-state index in [1.807, 2.05) is 22.6 Å². The molecule has 0 fully saturated rings. The van der Waals surface area contributed by atoms with Gasteiger partial charge in [0.1, 0.15) is 16.1 Å². The van der Waals surface area contributed by atoms with Crippen LogP contribution in [0.2, 0.25) is 10.3 Å². The molecule has 0 aliphatic carbocycles. The van der Waals surface area contributed by atoms with Crippen LogP contribution in [-0.4, -0.2) is 9.97 Å². The predicted octanol–water partition coefficient (Wildman–Crippen LogP) is 5.00. The van der Waals surface area contributed by atoms with Gasteiger partial charge in [-0.15, -0.1) is 0 Å². The Morgan fingerprint density at radius 1 is 1.10 bits per heavy atom. The molecular formula is C12H6Cl2F3IN2. The molecule has 0 aliphatic rings. The Balaban J connectivity index is 2.31. The first-order chi connectivity index (χ1) is 9.27. The molecule has 0 atom stereocenters. The number of alkyl halides is 3. The third kappa shape index (κ3) is 3.73. The summed E-state index contributed by atoms with van der Waals surface area (Å²) in [5.74, 6) is 0.278. The number of halogens is 6. The molecule has 1 aromatic carbocycles. The molecule has 0 spiro atoms. The average molecular weight is 433 g/mol. The van der Waals surface area contributed by atoms with Crippen LogP contribution in [-0.2, 0) is 12.6 Å². The van der Waals surface area contributed by atoms with Gasteiger partial charge in [0.2, 0.25) is 0 Å². The van der Waals surface area contributed by atoms with E-state index < -0.39 is 11.7 Å². The number of nitrogens with zero attached hydrogens (tertiary/aromatic N) is 2. The van der Waals surface area contributed by atoms with Gasteiger partial charge in [-0.05, 0) is 34.2 Å². The number of aromatic nitrogens is 2. The standard InChI is InChI=1S/C12H6Cl2F3IN2/c13-10-9(18)11(14)20-8(19-10)5-6-2-1-3-7(4-6)12(15,16)17/h1-4H,5H2. The zero-order valence-electron chi connectivity index (χ0n) is 9.68. The molecule has 8 heteroatoms. The summed E-state index contributed by atoms with van der Waals surface area (Å²) in [4.78, 5) is 8.00. The summed E-state index contributed by atoms with van der Waals surface area (Å²) in [7, 11) is 0. The lowest BCUT2D eigenvalue weighted by molar-refractivity contribution is -0.137. The summed E-state index contributed by atoms with van der Waals surface area (Å²) < 4.78 is 38.4. The molecule has 0 amide bonds. The molecule has 2 nitrogen and oxygen atoms in total. The average Bonchev–Trinajstić information content (AvgIpc) is 2.35. The molecule has 0 N–H and O–H groups in total. The highest BCUT2D eigenvalue weighted by Gasteiger charge is 2.30. The van der Waals surface area contributed by atoms with Crippen molar-refractivity contribution < 1.29 is 13.2 Å². The van der Waals surface area contributed by atoms with Gasteiger partial charge in [0.05, 0.1) is 9.13 Å². The van der Waals surface area contributed by atoms with E-state index in [4.69, 9.17) is 23.2 Å². The van der Waals surface area contributed by atoms with E-state index in [9.17, 15) is 13.2 Å². The second-order valence-corrected chi connectivity index (χ2v) is 5.71. The van der Waals surface area contributed by atoms with Gasteiger partial charge in [0.25, 0.3) is 0 Å². The van der Waals surface area contributed by atoms with Gasteiger partial charge in [-0.1, -0.05) is 41.4 Å². The van der Waals surface area contributed by atoms with Crippen molar-refractivity contribution in [3.63, 3.8) is 0 Å². The Morgan fingerprint density at radius 3 is 2.25 bits per heavy atom. The van der Waals surface area contributed by atoms with Gasteiger partial charge in [0.15, 0.2) is 0 Å². The Morgan fingerprint density at radius 2 is 1.70 bits per heavy atom. The molecule has 0 aliphatic heterocycles. The first kappa shape index (κ1) is 15.8. The van der Waals surface area contributed by atoms with Crippen LogP contribution < -0.4 is 0 Å². The van der Waals surface area contributed by atoms with Gasteiger partial charge in [-0.3, -0.25) is 0 Å². The van der Waals surface area contributed by atoms with Crippen molar-refractivity contribution in [2.75, 3.05) is 0 Å². The van der Waals surface area contributed by atoms with Gasteiger partial charge in [-0.2, -0.15) is 13.2 Å². The molecule has 1 aromatic heterocycles. The molecule has 2 aromatic rings. The van der Waals surface area contributed by atoms with Gasteiger partial charge in [0, 0.05) is 6.42 Å². The van der Waals surface area contributed by atoms with E-state index in [0.29, 0.717) is 9.13 Å². The highest BCUT2D eigenvalue weighted by molar-refractivity contribution is 14.1. The van der Waals surface area contributed by atoms with Crippen molar-refractivity contribution in [2.24, 2.45) is 0 Å². The smallest absolute Gasteiger partial charge is 0.220 e. The fourth-order valence-corrected chi connectivity index (χ4v) is 2.22. The van der Waals surface area contributed by atoms with E-state index in [0.717, 1.165) is 12.1 Å². The molecule has 2 rings (SSSR count). The first-order valence-corrected chi connectivity index (χ1v) is 7.14. The molecule has 20 heavy (non-hydrogen) atoms. The number of rotatable bonds is 2. The Bertz CT molecular complexity index is 624. The third-order valence-electron chi connectivity index (χ3n) is 2.43. The van der Waals surface area contributed by atoms with Crippen LogP contribution >= 0.6 is 45.8 Å². The van der Waals surface area contributed by atoms with Crippen LogP contribution in [0.15, 0.2) is 24.3 Å². The zero-order chi connectivity index (χ0) is 14.9. The number of benzene rings is 1. The molecule has 0 bridgehead atoms. The maximum atomic E-state index is 12.6. The molecule has 0 saturated heterocycles. The van der Waals surface area contributed by atoms with Crippen LogP contribution in [0, 0.1) is 3.57 Å². The Labute approximate surface area is 136 Å². The van der Waals surface area contributed by atoms with E-state index in [-0.39, 0.29) is 22.6 Å². The van der Waals surface area contributed by atoms with Crippen LogP contribution in [0.3, 0.4) is 0 Å². The Kier molecular flexibility index (Phi) is 4.76. The summed E-state index contributed by atoms with van der Waals surface area (Å²) >= 11 is 13.6. The molecule has 0 radical (unpaired) electrons. The molecule has 106 valence electrons. The second-order valence-electron chi connectivity index (χ2n) is 3.91. The summed E-state index contributed by atoms with van der Waals surface area (Å²) in [6.07, 6.45) is -4.25. The minimum Gasteiger partial charge on any atom is -0.220 e. The van der Waals surface area contributed by atoms with E-state index in [2.05, 4.69) is 9.97 Å². The Hall–Kier alpha value is -0.600. The minimum absolute atomic E-state index is 0.125. The van der Waals surface area contributed by atoms with Crippen molar-refractivity contribution in [3.8, 4) is 0 Å². The summed E-state index contributed by atoms with van der Waals surface area (Å²) in [6.45, 7) is 0. The SMILES string of the molecule is FC(F)(F)c1cccc(Cc2nc(Cl)c(I)c(Cl)n2)c1. The maximum Gasteiger partial charge on any atom is 0.416 e. The van der Waals surface area contributed by atoms with Crippen LogP contribution in [0.4, 0.5) is 13.2 Å². The van der Waals surface area contributed by atoms with E-state index in [1.165, 1.54) is 6.07 Å². The molecule has 0 unspecified atom stereocenters. The number of hydrogen-bond acceptors (Lipinski definition) is 2. The lowest BCUT2D eigenvalue weighted by Gasteiger charge is -2.09. The van der Waals surface area contributed by atoms with E-state index in [1.54, 1.807) is 6.07 Å². The summed E-state index contributed by atoms with van der Waals surface area (Å²) in [5.41, 5.74) is -0.272. The number of hydrogen-bond donors (Lipinski definition) is 0. The summed E-state index contributed by atoms with van der Waals surface area (Å²) in [5, 5.41) is 0.375. The highest BCUT2D eigenvalue weighted by atomic mass is 127. The van der Waals surface area contributed by atoms with Gasteiger partial charge < -0.3 is 0 Å². The molecular weight excluding hydrogens is 427 g/mol. The molecule has 1 heterocycles. The van der Waals surface area contributed by atoms with Crippen molar-refractivity contribution in [1.29, 1.82) is 0 Å². The second kappa shape index (κ2) is 6.03. The fraction of sp³-hybridized carbons (Fsp3) is 0.167.